The summed E-state index contributed by atoms with van der Waals surface area (Å²) in [7, 11) is 9.59. The van der Waals surface area contributed by atoms with E-state index in [0.717, 1.165) is 68.8 Å². The van der Waals surface area contributed by atoms with Gasteiger partial charge in [-0.05, 0) is 148 Å². The van der Waals surface area contributed by atoms with Gasteiger partial charge in [0.05, 0.1) is 90.8 Å². The van der Waals surface area contributed by atoms with E-state index in [-0.39, 0.29) is 0 Å². The summed E-state index contributed by atoms with van der Waals surface area (Å²) in [4.78, 5) is 0. The highest BCUT2D eigenvalue weighted by molar-refractivity contribution is 5.65. The standard InChI is InChI=1S/C48H64N4O2/c1-51(2,35-13-7-9-15-37-53-47-29-25-45(26-30-47)43-21-17-41(39-49)18-22-43)33-11-5-6-12-34-52(3,4)36-14-8-10-16-38-54-48-31-27-46(28-32-48)44-23-19-42(40-50)20-24-44/h17-32H,5-16,33-38H2,1-4H3/q+2. The van der Waals surface area contributed by atoms with Crippen molar-refractivity contribution in [2.24, 2.45) is 0 Å². The zero-order valence-electron chi connectivity index (χ0n) is 33.6. The van der Waals surface area contributed by atoms with Gasteiger partial charge in [0, 0.05) is 0 Å². The highest BCUT2D eigenvalue weighted by Gasteiger charge is 2.16. The summed E-state index contributed by atoms with van der Waals surface area (Å²) in [5.41, 5.74) is 5.85. The number of nitrogens with zero attached hydrogens (tertiary/aromatic N) is 4. The molecule has 0 amide bonds. The zero-order chi connectivity index (χ0) is 38.5. The zero-order valence-corrected chi connectivity index (χ0v) is 33.6. The lowest BCUT2D eigenvalue weighted by atomic mass is 10.0. The number of benzene rings is 4. The van der Waals surface area contributed by atoms with E-state index in [4.69, 9.17) is 20.0 Å². The number of hydrogen-bond acceptors (Lipinski definition) is 4. The van der Waals surface area contributed by atoms with Gasteiger partial charge in [-0.15, -0.1) is 0 Å². The molecular weight excluding hydrogens is 665 g/mol. The second-order valence-corrected chi connectivity index (χ2v) is 16.1. The van der Waals surface area contributed by atoms with Crippen molar-refractivity contribution in [1.29, 1.82) is 10.5 Å². The molecule has 0 aliphatic rings. The molecule has 0 saturated carbocycles. The third-order valence-electron chi connectivity index (χ3n) is 10.5. The van der Waals surface area contributed by atoms with Crippen LogP contribution in [-0.2, 0) is 0 Å². The van der Waals surface area contributed by atoms with Gasteiger partial charge in [0.25, 0.3) is 0 Å². The first-order valence-corrected chi connectivity index (χ1v) is 20.3. The molecule has 4 rings (SSSR count). The van der Waals surface area contributed by atoms with E-state index in [2.05, 4.69) is 64.6 Å². The van der Waals surface area contributed by atoms with Crippen LogP contribution in [-0.4, -0.2) is 76.5 Å². The topological polar surface area (TPSA) is 66.0 Å². The third-order valence-corrected chi connectivity index (χ3v) is 10.5. The van der Waals surface area contributed by atoms with Gasteiger partial charge in [0.2, 0.25) is 0 Å². The summed E-state index contributed by atoms with van der Waals surface area (Å²) in [5, 5.41) is 18.0. The smallest absolute Gasteiger partial charge is 0.119 e. The van der Waals surface area contributed by atoms with E-state index in [0.29, 0.717) is 11.1 Å². The fourth-order valence-corrected chi connectivity index (χ4v) is 6.99. The van der Waals surface area contributed by atoms with Crippen molar-refractivity contribution in [2.75, 3.05) is 67.6 Å². The summed E-state index contributed by atoms with van der Waals surface area (Å²) in [6.45, 7) is 6.57. The number of unbranched alkanes of at least 4 members (excludes halogenated alkanes) is 9. The first-order chi connectivity index (χ1) is 26.2. The fourth-order valence-electron chi connectivity index (χ4n) is 6.99. The van der Waals surface area contributed by atoms with E-state index >= 15 is 0 Å². The van der Waals surface area contributed by atoms with Crippen LogP contribution >= 0.6 is 0 Å². The predicted molar refractivity (Wildman–Crippen MR) is 223 cm³/mol. The van der Waals surface area contributed by atoms with Gasteiger partial charge in [0.1, 0.15) is 11.5 Å². The monoisotopic (exact) mass is 729 g/mol. The minimum atomic E-state index is 0.682. The van der Waals surface area contributed by atoms with Gasteiger partial charge in [0.15, 0.2) is 0 Å². The number of rotatable bonds is 25. The lowest BCUT2D eigenvalue weighted by Gasteiger charge is -2.31. The largest absolute Gasteiger partial charge is 0.494 e. The maximum atomic E-state index is 9.00. The molecule has 0 radical (unpaired) electrons. The molecule has 0 saturated heterocycles. The molecule has 6 nitrogen and oxygen atoms in total. The Morgan fingerprint density at radius 3 is 0.907 bits per heavy atom. The van der Waals surface area contributed by atoms with Gasteiger partial charge in [-0.2, -0.15) is 10.5 Å². The number of ether oxygens (including phenoxy) is 2. The van der Waals surface area contributed by atoms with Crippen molar-refractivity contribution < 1.29 is 18.4 Å². The molecule has 0 N–H and O–H groups in total. The van der Waals surface area contributed by atoms with E-state index in [1.54, 1.807) is 0 Å². The van der Waals surface area contributed by atoms with Gasteiger partial charge in [-0.3, -0.25) is 0 Å². The second-order valence-electron chi connectivity index (χ2n) is 16.1. The Bertz CT molecular complexity index is 1580. The summed E-state index contributed by atoms with van der Waals surface area (Å²) in [5.74, 6) is 1.84. The Balaban J connectivity index is 0.939. The van der Waals surface area contributed by atoms with Crippen LogP contribution in [0.1, 0.15) is 88.2 Å². The highest BCUT2D eigenvalue weighted by atomic mass is 16.5. The van der Waals surface area contributed by atoms with E-state index < -0.39 is 0 Å². The molecule has 0 aliphatic carbocycles. The summed E-state index contributed by atoms with van der Waals surface area (Å²) >= 11 is 0. The van der Waals surface area contributed by atoms with Crippen LogP contribution in [0.3, 0.4) is 0 Å². The Morgan fingerprint density at radius 1 is 0.370 bits per heavy atom. The molecule has 4 aromatic carbocycles. The SMILES string of the molecule is C[N+](C)(CCCCCCOc1ccc(-c2ccc(C#N)cc2)cc1)CCCCCC[N+](C)(C)CCCCCCOc1ccc(-c2ccc(C#N)cc2)cc1. The average molecular weight is 729 g/mol. The van der Waals surface area contributed by atoms with Crippen LogP contribution in [0.15, 0.2) is 97.1 Å². The molecule has 0 aliphatic heterocycles. The molecule has 0 unspecified atom stereocenters. The molecule has 0 aromatic heterocycles. The van der Waals surface area contributed by atoms with Gasteiger partial charge >= 0.3 is 0 Å². The van der Waals surface area contributed by atoms with Crippen LogP contribution in [0.2, 0.25) is 0 Å². The molecule has 0 fully saturated rings. The predicted octanol–water partition coefficient (Wildman–Crippen LogP) is 11.1. The maximum absolute atomic E-state index is 9.00. The molecule has 54 heavy (non-hydrogen) atoms. The molecule has 0 heterocycles. The minimum absolute atomic E-state index is 0.682. The Hall–Kier alpha value is -4.62. The number of nitriles is 2. The van der Waals surface area contributed by atoms with Crippen LogP contribution in [0.5, 0.6) is 11.5 Å². The molecule has 6 heteroatoms. The molecular formula is C48H64N4O2+2. The van der Waals surface area contributed by atoms with Crippen molar-refractivity contribution in [3.05, 3.63) is 108 Å². The third kappa shape index (κ3) is 15.8. The first-order valence-electron chi connectivity index (χ1n) is 20.3. The van der Waals surface area contributed by atoms with Crippen molar-refractivity contribution in [2.45, 2.75) is 77.0 Å². The van der Waals surface area contributed by atoms with Crippen LogP contribution in [0.4, 0.5) is 0 Å². The van der Waals surface area contributed by atoms with Crippen LogP contribution in [0, 0.1) is 22.7 Å². The van der Waals surface area contributed by atoms with E-state index in [1.165, 1.54) is 90.4 Å². The summed E-state index contributed by atoms with van der Waals surface area (Å²) < 4.78 is 14.2. The van der Waals surface area contributed by atoms with E-state index in [1.807, 2.05) is 72.8 Å². The van der Waals surface area contributed by atoms with Crippen LogP contribution in [0.25, 0.3) is 22.3 Å². The molecule has 0 spiro atoms. The average Bonchev–Trinajstić information content (AvgIpc) is 3.19. The lowest BCUT2D eigenvalue weighted by Crippen LogP contribution is -2.41. The fraction of sp³-hybridized carbons (Fsp3) is 0.458. The minimum Gasteiger partial charge on any atom is -0.494 e. The summed E-state index contributed by atoms with van der Waals surface area (Å²) in [6.07, 6.45) is 15.0. The quantitative estimate of drug-likeness (QED) is 0.0503. The maximum Gasteiger partial charge on any atom is 0.119 e. The lowest BCUT2D eigenvalue weighted by molar-refractivity contribution is -0.891. The van der Waals surface area contributed by atoms with Gasteiger partial charge in [-0.25, -0.2) is 0 Å². The van der Waals surface area contributed by atoms with Gasteiger partial charge < -0.3 is 18.4 Å². The van der Waals surface area contributed by atoms with E-state index in [9.17, 15) is 0 Å². The Morgan fingerprint density at radius 2 is 0.630 bits per heavy atom. The second kappa shape index (κ2) is 22.6. The molecule has 0 atom stereocenters. The highest BCUT2D eigenvalue weighted by Crippen LogP contribution is 2.24. The Labute approximate surface area is 326 Å². The molecule has 4 aromatic rings. The van der Waals surface area contributed by atoms with Crippen LogP contribution < -0.4 is 9.47 Å². The van der Waals surface area contributed by atoms with Crippen molar-refractivity contribution in [3.8, 4) is 45.9 Å². The van der Waals surface area contributed by atoms with Crippen molar-refractivity contribution in [3.63, 3.8) is 0 Å². The van der Waals surface area contributed by atoms with Crippen molar-refractivity contribution in [1.82, 2.24) is 0 Å². The molecule has 0 bridgehead atoms. The number of quaternary nitrogens is 2. The van der Waals surface area contributed by atoms with Crippen molar-refractivity contribution >= 4 is 0 Å². The number of hydrogen-bond donors (Lipinski definition) is 0. The normalized spacial score (nSPS) is 11.5. The molecule has 286 valence electrons. The first kappa shape index (κ1) is 42.1. The van der Waals surface area contributed by atoms with Gasteiger partial charge in [-0.1, -0.05) is 48.5 Å². The summed E-state index contributed by atoms with van der Waals surface area (Å²) in [6, 6.07) is 36.2. The Kier molecular flexibility index (Phi) is 17.6.